The average Bonchev–Trinajstić information content (AvgIpc) is 2.19. The van der Waals surface area contributed by atoms with E-state index in [4.69, 9.17) is 5.11 Å². The monoisotopic (exact) mass is 174 g/mol. The Hall–Kier alpha value is -1.26. The van der Waals surface area contributed by atoms with Crippen molar-refractivity contribution < 1.29 is 5.11 Å². The van der Waals surface area contributed by atoms with Crippen LogP contribution in [-0.2, 0) is 12.8 Å². The molecule has 0 amide bonds. The van der Waals surface area contributed by atoms with Gasteiger partial charge in [-0.05, 0) is 17.5 Å². The van der Waals surface area contributed by atoms with Crippen molar-refractivity contribution in [3.05, 3.63) is 35.4 Å². The predicted molar refractivity (Wildman–Crippen MR) is 54.4 cm³/mol. The van der Waals surface area contributed by atoms with Gasteiger partial charge in [0, 0.05) is 6.42 Å². The Balaban J connectivity index is 2.75. The normalized spacial score (nSPS) is 9.08. The minimum absolute atomic E-state index is 0.0473. The van der Waals surface area contributed by atoms with Crippen molar-refractivity contribution in [3.8, 4) is 11.8 Å². The molecule has 0 aliphatic rings. The fourth-order valence-corrected chi connectivity index (χ4v) is 1.29. The van der Waals surface area contributed by atoms with Gasteiger partial charge in [-0.1, -0.05) is 43.0 Å². The second kappa shape index (κ2) is 5.40. The first-order valence-corrected chi connectivity index (χ1v) is 4.51. The fraction of sp³-hybridized carbons (Fsp3) is 0.333. The van der Waals surface area contributed by atoms with Gasteiger partial charge in [0.15, 0.2) is 0 Å². The molecule has 0 heterocycles. The zero-order chi connectivity index (χ0) is 9.52. The Labute approximate surface area is 79.4 Å². The SMILES string of the molecule is CCc1ccccc1CC#CCO. The smallest absolute Gasteiger partial charge is 0.104 e. The number of aryl methyl sites for hydroxylation is 1. The van der Waals surface area contributed by atoms with Crippen molar-refractivity contribution in [3.63, 3.8) is 0 Å². The number of hydrogen-bond donors (Lipinski definition) is 1. The highest BCUT2D eigenvalue weighted by molar-refractivity contribution is 5.30. The number of rotatable bonds is 2. The maximum absolute atomic E-state index is 8.50. The number of hydrogen-bond acceptors (Lipinski definition) is 1. The summed E-state index contributed by atoms with van der Waals surface area (Å²) in [5.74, 6) is 5.58. The lowest BCUT2D eigenvalue weighted by Crippen LogP contribution is -1.90. The zero-order valence-electron chi connectivity index (χ0n) is 7.88. The molecular formula is C12H14O. The van der Waals surface area contributed by atoms with Crippen molar-refractivity contribution in [2.24, 2.45) is 0 Å². The van der Waals surface area contributed by atoms with Crippen LogP contribution in [0.5, 0.6) is 0 Å². The molecule has 1 nitrogen and oxygen atoms in total. The Morgan fingerprint density at radius 2 is 1.85 bits per heavy atom. The molecule has 1 N–H and O–H groups in total. The summed E-state index contributed by atoms with van der Waals surface area (Å²) in [6, 6.07) is 8.28. The lowest BCUT2D eigenvalue weighted by Gasteiger charge is -2.02. The summed E-state index contributed by atoms with van der Waals surface area (Å²) in [5, 5.41) is 8.50. The highest BCUT2D eigenvalue weighted by Crippen LogP contribution is 2.09. The van der Waals surface area contributed by atoms with Crippen molar-refractivity contribution in [1.82, 2.24) is 0 Å². The Bertz CT molecular complexity index is 317. The quantitative estimate of drug-likeness (QED) is 0.678. The summed E-state index contributed by atoms with van der Waals surface area (Å²) >= 11 is 0. The molecule has 1 rings (SSSR count). The van der Waals surface area contributed by atoms with Crippen LogP contribution in [0.4, 0.5) is 0 Å². The first-order valence-electron chi connectivity index (χ1n) is 4.51. The van der Waals surface area contributed by atoms with Crippen LogP contribution in [0.3, 0.4) is 0 Å². The maximum atomic E-state index is 8.50. The molecule has 1 aromatic rings. The average molecular weight is 174 g/mol. The molecule has 1 heteroatoms. The molecule has 0 saturated heterocycles. The lowest BCUT2D eigenvalue weighted by molar-refractivity contribution is 0.350. The maximum Gasteiger partial charge on any atom is 0.104 e. The molecule has 0 fully saturated rings. The van der Waals surface area contributed by atoms with Gasteiger partial charge in [-0.3, -0.25) is 0 Å². The molecular weight excluding hydrogens is 160 g/mol. The Kier molecular flexibility index (Phi) is 4.08. The highest BCUT2D eigenvalue weighted by atomic mass is 16.2. The molecule has 1 aromatic carbocycles. The second-order valence-electron chi connectivity index (χ2n) is 2.81. The van der Waals surface area contributed by atoms with Gasteiger partial charge in [-0.2, -0.15) is 0 Å². The van der Waals surface area contributed by atoms with Gasteiger partial charge >= 0.3 is 0 Å². The van der Waals surface area contributed by atoms with E-state index in [9.17, 15) is 0 Å². The van der Waals surface area contributed by atoms with Crippen LogP contribution in [0, 0.1) is 11.8 Å². The third-order valence-electron chi connectivity index (χ3n) is 1.98. The summed E-state index contributed by atoms with van der Waals surface area (Å²) in [6.07, 6.45) is 1.78. The molecule has 0 spiro atoms. The second-order valence-corrected chi connectivity index (χ2v) is 2.81. The molecule has 0 saturated carbocycles. The van der Waals surface area contributed by atoms with Crippen LogP contribution in [-0.4, -0.2) is 11.7 Å². The standard InChI is InChI=1S/C12H14O/c1-2-11-7-3-4-8-12(11)9-5-6-10-13/h3-4,7-8,13H,2,9-10H2,1H3. The van der Waals surface area contributed by atoms with E-state index in [1.54, 1.807) is 0 Å². The van der Waals surface area contributed by atoms with Crippen LogP contribution in [0.2, 0.25) is 0 Å². The van der Waals surface area contributed by atoms with Crippen molar-refractivity contribution in [1.29, 1.82) is 0 Å². The molecule has 0 bridgehead atoms. The minimum atomic E-state index is -0.0473. The van der Waals surface area contributed by atoms with Crippen molar-refractivity contribution in [2.45, 2.75) is 19.8 Å². The molecule has 0 unspecified atom stereocenters. The van der Waals surface area contributed by atoms with Crippen LogP contribution in [0.25, 0.3) is 0 Å². The molecule has 0 atom stereocenters. The third-order valence-corrected chi connectivity index (χ3v) is 1.98. The van der Waals surface area contributed by atoms with Crippen LogP contribution in [0.1, 0.15) is 18.1 Å². The van der Waals surface area contributed by atoms with E-state index in [2.05, 4.69) is 30.9 Å². The molecule has 0 aromatic heterocycles. The predicted octanol–water partition coefficient (Wildman–Crippen LogP) is 1.79. The van der Waals surface area contributed by atoms with E-state index in [0.29, 0.717) is 0 Å². The van der Waals surface area contributed by atoms with Gasteiger partial charge in [-0.15, -0.1) is 0 Å². The van der Waals surface area contributed by atoms with Crippen LogP contribution >= 0.6 is 0 Å². The van der Waals surface area contributed by atoms with E-state index in [1.165, 1.54) is 11.1 Å². The first-order chi connectivity index (χ1) is 6.38. The third kappa shape index (κ3) is 2.93. The summed E-state index contributed by atoms with van der Waals surface area (Å²) < 4.78 is 0. The van der Waals surface area contributed by atoms with Crippen LogP contribution in [0.15, 0.2) is 24.3 Å². The Morgan fingerprint density at radius 1 is 1.15 bits per heavy atom. The number of benzene rings is 1. The highest BCUT2D eigenvalue weighted by Gasteiger charge is 1.95. The molecule has 0 radical (unpaired) electrons. The van der Waals surface area contributed by atoms with Gasteiger partial charge in [0.25, 0.3) is 0 Å². The zero-order valence-corrected chi connectivity index (χ0v) is 7.88. The summed E-state index contributed by atoms with van der Waals surface area (Å²) in [6.45, 7) is 2.09. The van der Waals surface area contributed by atoms with E-state index in [1.807, 2.05) is 12.1 Å². The topological polar surface area (TPSA) is 20.2 Å². The molecule has 68 valence electrons. The number of aliphatic hydroxyl groups is 1. The summed E-state index contributed by atoms with van der Waals surface area (Å²) in [4.78, 5) is 0. The summed E-state index contributed by atoms with van der Waals surface area (Å²) in [5.41, 5.74) is 2.61. The fourth-order valence-electron chi connectivity index (χ4n) is 1.29. The van der Waals surface area contributed by atoms with Gasteiger partial charge in [0.1, 0.15) is 6.61 Å². The van der Waals surface area contributed by atoms with Gasteiger partial charge in [0.05, 0.1) is 0 Å². The van der Waals surface area contributed by atoms with E-state index < -0.39 is 0 Å². The van der Waals surface area contributed by atoms with Crippen molar-refractivity contribution in [2.75, 3.05) is 6.61 Å². The van der Waals surface area contributed by atoms with Gasteiger partial charge in [-0.25, -0.2) is 0 Å². The van der Waals surface area contributed by atoms with Crippen molar-refractivity contribution >= 4 is 0 Å². The van der Waals surface area contributed by atoms with E-state index in [-0.39, 0.29) is 6.61 Å². The summed E-state index contributed by atoms with van der Waals surface area (Å²) in [7, 11) is 0. The van der Waals surface area contributed by atoms with Gasteiger partial charge in [0.2, 0.25) is 0 Å². The van der Waals surface area contributed by atoms with Gasteiger partial charge < -0.3 is 5.11 Å². The van der Waals surface area contributed by atoms with E-state index in [0.717, 1.165) is 12.8 Å². The Morgan fingerprint density at radius 3 is 2.46 bits per heavy atom. The lowest BCUT2D eigenvalue weighted by atomic mass is 10.0. The first kappa shape index (κ1) is 9.83. The van der Waals surface area contributed by atoms with Crippen LogP contribution < -0.4 is 0 Å². The number of aliphatic hydroxyl groups excluding tert-OH is 1. The molecule has 13 heavy (non-hydrogen) atoms. The largest absolute Gasteiger partial charge is 0.384 e. The molecule has 0 aliphatic heterocycles. The molecule has 0 aliphatic carbocycles. The van der Waals surface area contributed by atoms with E-state index >= 15 is 0 Å². The minimum Gasteiger partial charge on any atom is -0.384 e.